The molecule has 84 valence electrons. The Bertz CT molecular complexity index is 503. The number of nitrogens with zero attached hydrogens (tertiary/aromatic N) is 1. The second-order valence-electron chi connectivity index (χ2n) is 3.89. The molecule has 1 heterocycles. The molecule has 0 saturated heterocycles. The second-order valence-corrected chi connectivity index (χ2v) is 4.74. The minimum Gasteiger partial charge on any atom is -0.398 e. The van der Waals surface area contributed by atoms with Crippen LogP contribution < -0.4 is 5.73 Å². The van der Waals surface area contributed by atoms with Gasteiger partial charge in [0.1, 0.15) is 5.76 Å². The largest absolute Gasteiger partial charge is 0.398 e. The van der Waals surface area contributed by atoms with Crippen LogP contribution >= 0.6 is 15.9 Å². The number of halogens is 1. The maximum Gasteiger partial charge on any atom is 0.141 e. The zero-order valence-corrected chi connectivity index (χ0v) is 11.1. The molecule has 1 aromatic heterocycles. The zero-order chi connectivity index (χ0) is 11.9. The van der Waals surface area contributed by atoms with E-state index < -0.39 is 0 Å². The molecule has 16 heavy (non-hydrogen) atoms. The van der Waals surface area contributed by atoms with Crippen molar-refractivity contribution in [1.82, 2.24) is 5.16 Å². The molecule has 0 amide bonds. The van der Waals surface area contributed by atoms with Crippen molar-refractivity contribution >= 4 is 21.6 Å². The monoisotopic (exact) mass is 280 g/mol. The molecule has 0 aliphatic heterocycles. The van der Waals surface area contributed by atoms with Gasteiger partial charge in [-0.3, -0.25) is 0 Å². The second kappa shape index (κ2) is 3.94. The van der Waals surface area contributed by atoms with E-state index in [2.05, 4.69) is 21.1 Å². The standard InChI is InChI=1S/C12H13BrN2O/c1-6-4-9(5-10(13)12(6)14)11-7(2)15-16-8(11)3/h4-5H,14H2,1-3H3. The molecular weight excluding hydrogens is 268 g/mol. The summed E-state index contributed by atoms with van der Waals surface area (Å²) in [5, 5.41) is 3.95. The molecule has 0 bridgehead atoms. The highest BCUT2D eigenvalue weighted by molar-refractivity contribution is 9.10. The van der Waals surface area contributed by atoms with Crippen molar-refractivity contribution in [2.24, 2.45) is 0 Å². The fraction of sp³-hybridized carbons (Fsp3) is 0.250. The first-order valence-corrected chi connectivity index (χ1v) is 5.79. The third-order valence-electron chi connectivity index (χ3n) is 2.66. The van der Waals surface area contributed by atoms with Gasteiger partial charge in [-0.05, 0) is 60.0 Å². The van der Waals surface area contributed by atoms with Crippen LogP contribution in [0.5, 0.6) is 0 Å². The fourth-order valence-corrected chi connectivity index (χ4v) is 2.35. The third kappa shape index (κ3) is 1.73. The van der Waals surface area contributed by atoms with Crippen molar-refractivity contribution in [2.45, 2.75) is 20.8 Å². The van der Waals surface area contributed by atoms with Crippen LogP contribution in [0.4, 0.5) is 5.69 Å². The summed E-state index contributed by atoms with van der Waals surface area (Å²) in [7, 11) is 0. The summed E-state index contributed by atoms with van der Waals surface area (Å²) in [4.78, 5) is 0. The van der Waals surface area contributed by atoms with E-state index in [4.69, 9.17) is 10.3 Å². The van der Waals surface area contributed by atoms with Gasteiger partial charge in [0.15, 0.2) is 0 Å². The highest BCUT2D eigenvalue weighted by Crippen LogP contribution is 2.33. The minimum absolute atomic E-state index is 0.774. The summed E-state index contributed by atoms with van der Waals surface area (Å²) < 4.78 is 6.07. The molecule has 2 rings (SSSR count). The van der Waals surface area contributed by atoms with E-state index in [1.54, 1.807) is 0 Å². The molecule has 0 radical (unpaired) electrons. The molecular formula is C12H13BrN2O. The molecule has 1 aromatic carbocycles. The first kappa shape index (κ1) is 11.2. The topological polar surface area (TPSA) is 52.0 Å². The molecule has 2 aromatic rings. The lowest BCUT2D eigenvalue weighted by Gasteiger charge is -2.07. The van der Waals surface area contributed by atoms with E-state index in [1.807, 2.05) is 32.9 Å². The number of hydrogen-bond acceptors (Lipinski definition) is 3. The highest BCUT2D eigenvalue weighted by atomic mass is 79.9. The Morgan fingerprint density at radius 2 is 1.94 bits per heavy atom. The highest BCUT2D eigenvalue weighted by Gasteiger charge is 2.13. The van der Waals surface area contributed by atoms with Crippen molar-refractivity contribution in [2.75, 3.05) is 5.73 Å². The van der Waals surface area contributed by atoms with E-state index in [9.17, 15) is 0 Å². The van der Waals surface area contributed by atoms with Gasteiger partial charge in [-0.2, -0.15) is 0 Å². The summed E-state index contributed by atoms with van der Waals surface area (Å²) >= 11 is 3.46. The van der Waals surface area contributed by atoms with Gasteiger partial charge in [0.25, 0.3) is 0 Å². The van der Waals surface area contributed by atoms with Gasteiger partial charge < -0.3 is 10.3 Å². The Morgan fingerprint density at radius 1 is 1.25 bits per heavy atom. The van der Waals surface area contributed by atoms with E-state index >= 15 is 0 Å². The van der Waals surface area contributed by atoms with E-state index in [-0.39, 0.29) is 0 Å². The van der Waals surface area contributed by atoms with Gasteiger partial charge in [-0.25, -0.2) is 0 Å². The molecule has 0 fully saturated rings. The number of nitrogen functional groups attached to an aromatic ring is 1. The number of aromatic nitrogens is 1. The van der Waals surface area contributed by atoms with E-state index in [0.29, 0.717) is 0 Å². The predicted molar refractivity (Wildman–Crippen MR) is 68.3 cm³/mol. The molecule has 4 heteroatoms. The smallest absolute Gasteiger partial charge is 0.141 e. The van der Waals surface area contributed by atoms with Gasteiger partial charge in [0, 0.05) is 15.7 Å². The van der Waals surface area contributed by atoms with Gasteiger partial charge >= 0.3 is 0 Å². The van der Waals surface area contributed by atoms with Crippen LogP contribution in [0.3, 0.4) is 0 Å². The summed E-state index contributed by atoms with van der Waals surface area (Å²) in [6.07, 6.45) is 0. The Kier molecular flexibility index (Phi) is 2.76. The summed E-state index contributed by atoms with van der Waals surface area (Å²) in [5.74, 6) is 0.827. The van der Waals surface area contributed by atoms with E-state index in [0.717, 1.165) is 38.3 Å². The van der Waals surface area contributed by atoms with Crippen molar-refractivity contribution in [3.05, 3.63) is 33.6 Å². The Morgan fingerprint density at radius 3 is 2.44 bits per heavy atom. The molecule has 3 nitrogen and oxygen atoms in total. The average Bonchev–Trinajstić information content (AvgIpc) is 2.54. The van der Waals surface area contributed by atoms with Crippen molar-refractivity contribution < 1.29 is 4.52 Å². The van der Waals surface area contributed by atoms with Crippen molar-refractivity contribution in [3.8, 4) is 11.1 Å². The average molecular weight is 281 g/mol. The lowest BCUT2D eigenvalue weighted by atomic mass is 10.0. The predicted octanol–water partition coefficient (Wildman–Crippen LogP) is 3.61. The van der Waals surface area contributed by atoms with Gasteiger partial charge in [0.2, 0.25) is 0 Å². The number of hydrogen-bond donors (Lipinski definition) is 1. The lowest BCUT2D eigenvalue weighted by molar-refractivity contribution is 0.393. The Labute approximate surface area is 103 Å². The molecule has 0 saturated carbocycles. The molecule has 0 unspecified atom stereocenters. The molecule has 0 aliphatic carbocycles. The SMILES string of the molecule is Cc1cc(-c2c(C)noc2C)cc(Br)c1N. The van der Waals surface area contributed by atoms with Crippen molar-refractivity contribution in [3.63, 3.8) is 0 Å². The molecule has 2 N–H and O–H groups in total. The normalized spacial score (nSPS) is 10.8. The number of nitrogens with two attached hydrogens (primary N) is 1. The summed E-state index contributed by atoms with van der Waals surface area (Å²) in [6.45, 7) is 5.84. The zero-order valence-electron chi connectivity index (χ0n) is 9.47. The van der Waals surface area contributed by atoms with Crippen molar-refractivity contribution in [1.29, 1.82) is 0 Å². The number of aryl methyl sites for hydroxylation is 3. The first-order chi connectivity index (χ1) is 7.50. The van der Waals surface area contributed by atoms with Gasteiger partial charge in [-0.1, -0.05) is 5.16 Å². The first-order valence-electron chi connectivity index (χ1n) is 4.99. The lowest BCUT2D eigenvalue weighted by Crippen LogP contribution is -1.92. The van der Waals surface area contributed by atoms with Crippen LogP contribution in [0.2, 0.25) is 0 Å². The summed E-state index contributed by atoms with van der Waals surface area (Å²) in [5.41, 5.74) is 10.7. The molecule has 0 atom stereocenters. The molecule has 0 aliphatic rings. The van der Waals surface area contributed by atoms with Crippen LogP contribution in [0.15, 0.2) is 21.1 Å². The van der Waals surface area contributed by atoms with Crippen LogP contribution in [0.1, 0.15) is 17.0 Å². The number of rotatable bonds is 1. The Balaban J connectivity index is 2.66. The third-order valence-corrected chi connectivity index (χ3v) is 3.31. The quantitative estimate of drug-likeness (QED) is 0.812. The summed E-state index contributed by atoms with van der Waals surface area (Å²) in [6, 6.07) is 4.04. The molecule has 0 spiro atoms. The Hall–Kier alpha value is -1.29. The number of anilines is 1. The van der Waals surface area contributed by atoms with Gasteiger partial charge in [0.05, 0.1) is 5.69 Å². The van der Waals surface area contributed by atoms with Crippen LogP contribution in [0.25, 0.3) is 11.1 Å². The van der Waals surface area contributed by atoms with Crippen LogP contribution in [0, 0.1) is 20.8 Å². The minimum atomic E-state index is 0.774. The maximum absolute atomic E-state index is 5.89. The van der Waals surface area contributed by atoms with Crippen LogP contribution in [-0.2, 0) is 0 Å². The number of benzene rings is 1. The van der Waals surface area contributed by atoms with Crippen LogP contribution in [-0.4, -0.2) is 5.16 Å². The maximum atomic E-state index is 5.89. The van der Waals surface area contributed by atoms with E-state index in [1.165, 1.54) is 0 Å². The van der Waals surface area contributed by atoms with Gasteiger partial charge in [-0.15, -0.1) is 0 Å². The fourth-order valence-electron chi connectivity index (χ4n) is 1.79.